The normalized spacial score (nSPS) is 10.4. The predicted molar refractivity (Wildman–Crippen MR) is 76.3 cm³/mol. The number of hydrogen-bond donors (Lipinski definition) is 1. The largest absolute Gasteiger partial charge is 0.490 e. The maximum Gasteiger partial charge on any atom is 0.270 e. The van der Waals surface area contributed by atoms with Crippen molar-refractivity contribution in [2.45, 2.75) is 6.54 Å². The highest BCUT2D eigenvalue weighted by Crippen LogP contribution is 2.16. The third-order valence-electron chi connectivity index (χ3n) is 2.51. The molecule has 1 heterocycles. The molecule has 0 unspecified atom stereocenters. The summed E-state index contributed by atoms with van der Waals surface area (Å²) < 4.78 is 7.59. The lowest BCUT2D eigenvalue weighted by Crippen LogP contribution is -2.23. The van der Waals surface area contributed by atoms with Gasteiger partial charge in [-0.2, -0.15) is 5.10 Å². The number of nitrogens with two attached hydrogens (primary N) is 1. The number of benzene rings is 1. The van der Waals surface area contributed by atoms with Gasteiger partial charge in [-0.3, -0.25) is 4.79 Å². The summed E-state index contributed by atoms with van der Waals surface area (Å²) in [7, 11) is 0. The van der Waals surface area contributed by atoms with E-state index in [0.717, 1.165) is 10.0 Å². The average Bonchev–Trinajstić information content (AvgIpc) is 2.41. The van der Waals surface area contributed by atoms with Crippen LogP contribution < -0.4 is 16.0 Å². The molecule has 0 bridgehead atoms. The molecule has 1 aromatic carbocycles. The summed E-state index contributed by atoms with van der Waals surface area (Å²) in [5, 5.41) is 4.09. The Morgan fingerprint density at radius 1 is 1.37 bits per heavy atom. The van der Waals surface area contributed by atoms with Gasteiger partial charge in [0.25, 0.3) is 5.56 Å². The zero-order valence-electron chi connectivity index (χ0n) is 10.3. The van der Waals surface area contributed by atoms with Gasteiger partial charge in [0, 0.05) is 17.1 Å². The number of nitrogens with zero attached hydrogens (tertiary/aromatic N) is 2. The van der Waals surface area contributed by atoms with Crippen molar-refractivity contribution in [3.05, 3.63) is 56.9 Å². The fraction of sp³-hybridized carbons (Fsp3) is 0.231. The van der Waals surface area contributed by atoms with Gasteiger partial charge in [-0.15, -0.1) is 0 Å². The van der Waals surface area contributed by atoms with Crippen molar-refractivity contribution in [1.82, 2.24) is 9.78 Å². The smallest absolute Gasteiger partial charge is 0.270 e. The van der Waals surface area contributed by atoms with Crippen LogP contribution in [-0.4, -0.2) is 22.9 Å². The summed E-state index contributed by atoms with van der Waals surface area (Å²) in [6, 6.07) is 9.13. The van der Waals surface area contributed by atoms with Crippen LogP contribution in [0, 0.1) is 0 Å². The highest BCUT2D eigenvalue weighted by molar-refractivity contribution is 9.10. The summed E-state index contributed by atoms with van der Waals surface area (Å²) >= 11 is 3.45. The minimum Gasteiger partial charge on any atom is -0.490 e. The van der Waals surface area contributed by atoms with E-state index in [1.165, 1.54) is 16.9 Å². The second kappa shape index (κ2) is 6.49. The number of rotatable bonds is 5. The van der Waals surface area contributed by atoms with Crippen molar-refractivity contribution >= 4 is 15.9 Å². The van der Waals surface area contributed by atoms with Crippen molar-refractivity contribution in [3.8, 4) is 5.75 Å². The lowest BCUT2D eigenvalue weighted by atomic mass is 10.2. The molecule has 2 N–H and O–H groups in total. The van der Waals surface area contributed by atoms with E-state index in [1.54, 1.807) is 0 Å². The predicted octanol–water partition coefficient (Wildman–Crippen LogP) is 1.39. The van der Waals surface area contributed by atoms with Crippen LogP contribution in [0.25, 0.3) is 0 Å². The van der Waals surface area contributed by atoms with Crippen LogP contribution in [-0.2, 0) is 6.54 Å². The topological polar surface area (TPSA) is 70.1 Å². The molecule has 19 heavy (non-hydrogen) atoms. The Balaban J connectivity index is 2.18. The summed E-state index contributed by atoms with van der Waals surface area (Å²) in [5.41, 5.74) is 6.12. The molecule has 2 aromatic rings. The molecule has 6 heteroatoms. The third-order valence-corrected chi connectivity index (χ3v) is 3.28. The number of ether oxygens (including phenoxy) is 1. The van der Waals surface area contributed by atoms with Crippen LogP contribution in [0.15, 0.2) is 45.8 Å². The first kappa shape index (κ1) is 13.8. The standard InChI is InChI=1S/C13H14BrN3O2/c14-12-4-2-1-3-10(12)9-17-13(18)7-11(8-16-17)19-6-5-15/h1-4,7-8H,5-6,9,15H2. The van der Waals surface area contributed by atoms with Crippen molar-refractivity contribution in [2.24, 2.45) is 5.73 Å². The van der Waals surface area contributed by atoms with E-state index in [2.05, 4.69) is 21.0 Å². The zero-order valence-corrected chi connectivity index (χ0v) is 11.8. The Kier molecular flexibility index (Phi) is 4.70. The van der Waals surface area contributed by atoms with E-state index in [0.29, 0.717) is 25.4 Å². The molecule has 2 rings (SSSR count). The van der Waals surface area contributed by atoms with Gasteiger partial charge in [-0.1, -0.05) is 34.1 Å². The molecular formula is C13H14BrN3O2. The molecule has 0 atom stereocenters. The lowest BCUT2D eigenvalue weighted by Gasteiger charge is -2.08. The molecule has 0 radical (unpaired) electrons. The van der Waals surface area contributed by atoms with Gasteiger partial charge >= 0.3 is 0 Å². The fourth-order valence-electron chi connectivity index (χ4n) is 1.58. The van der Waals surface area contributed by atoms with Gasteiger partial charge in [-0.05, 0) is 11.6 Å². The number of hydrogen-bond acceptors (Lipinski definition) is 4. The number of halogens is 1. The van der Waals surface area contributed by atoms with E-state index in [1.807, 2.05) is 24.3 Å². The molecular weight excluding hydrogens is 310 g/mol. The summed E-state index contributed by atoms with van der Waals surface area (Å²) in [4.78, 5) is 11.9. The second-order valence-corrected chi connectivity index (χ2v) is 4.77. The van der Waals surface area contributed by atoms with E-state index in [4.69, 9.17) is 10.5 Å². The second-order valence-electron chi connectivity index (χ2n) is 3.92. The van der Waals surface area contributed by atoms with Crippen molar-refractivity contribution in [1.29, 1.82) is 0 Å². The van der Waals surface area contributed by atoms with Crippen molar-refractivity contribution in [2.75, 3.05) is 13.2 Å². The molecule has 100 valence electrons. The Morgan fingerprint density at radius 3 is 2.84 bits per heavy atom. The molecule has 0 aliphatic carbocycles. The van der Waals surface area contributed by atoms with Crippen molar-refractivity contribution in [3.63, 3.8) is 0 Å². The fourth-order valence-corrected chi connectivity index (χ4v) is 1.99. The monoisotopic (exact) mass is 323 g/mol. The molecule has 0 amide bonds. The molecule has 0 aliphatic heterocycles. The molecule has 0 fully saturated rings. The molecule has 5 nitrogen and oxygen atoms in total. The highest BCUT2D eigenvalue weighted by atomic mass is 79.9. The highest BCUT2D eigenvalue weighted by Gasteiger charge is 2.04. The minimum absolute atomic E-state index is 0.203. The first-order valence-corrected chi connectivity index (χ1v) is 6.63. The van der Waals surface area contributed by atoms with Crippen LogP contribution in [0.2, 0.25) is 0 Å². The Hall–Kier alpha value is -1.66. The molecule has 0 aliphatic rings. The minimum atomic E-state index is -0.203. The SMILES string of the molecule is NCCOc1cnn(Cc2ccccc2Br)c(=O)c1. The van der Waals surface area contributed by atoms with Crippen LogP contribution >= 0.6 is 15.9 Å². The van der Waals surface area contributed by atoms with E-state index < -0.39 is 0 Å². The Bertz CT molecular complexity index is 613. The molecule has 0 saturated heterocycles. The summed E-state index contributed by atoms with van der Waals surface area (Å²) in [6.07, 6.45) is 1.52. The quantitative estimate of drug-likeness (QED) is 0.902. The van der Waals surface area contributed by atoms with Crippen LogP contribution in [0.3, 0.4) is 0 Å². The third kappa shape index (κ3) is 3.65. The molecule has 0 spiro atoms. The summed E-state index contributed by atoms with van der Waals surface area (Å²) in [5.74, 6) is 0.443. The van der Waals surface area contributed by atoms with Gasteiger partial charge in [0.2, 0.25) is 0 Å². The van der Waals surface area contributed by atoms with Gasteiger partial charge in [0.05, 0.1) is 12.7 Å². The van der Waals surface area contributed by atoms with E-state index >= 15 is 0 Å². The first-order chi connectivity index (χ1) is 9.20. The Labute approximate surface area is 119 Å². The van der Waals surface area contributed by atoms with Gasteiger partial charge in [0.15, 0.2) is 0 Å². The zero-order chi connectivity index (χ0) is 13.7. The van der Waals surface area contributed by atoms with Gasteiger partial charge < -0.3 is 10.5 Å². The van der Waals surface area contributed by atoms with E-state index in [9.17, 15) is 4.79 Å². The maximum atomic E-state index is 11.9. The first-order valence-electron chi connectivity index (χ1n) is 5.84. The van der Waals surface area contributed by atoms with Crippen LogP contribution in [0.1, 0.15) is 5.56 Å². The maximum absolute atomic E-state index is 11.9. The van der Waals surface area contributed by atoms with Gasteiger partial charge in [0.1, 0.15) is 12.4 Å². The van der Waals surface area contributed by atoms with Crippen molar-refractivity contribution < 1.29 is 4.74 Å². The molecule has 0 saturated carbocycles. The van der Waals surface area contributed by atoms with Gasteiger partial charge in [-0.25, -0.2) is 4.68 Å². The van der Waals surface area contributed by atoms with Crippen LogP contribution in [0.4, 0.5) is 0 Å². The van der Waals surface area contributed by atoms with Crippen LogP contribution in [0.5, 0.6) is 5.75 Å². The lowest BCUT2D eigenvalue weighted by molar-refractivity contribution is 0.324. The summed E-state index contributed by atoms with van der Waals surface area (Å²) in [6.45, 7) is 1.19. The Morgan fingerprint density at radius 2 is 2.16 bits per heavy atom. The number of aromatic nitrogens is 2. The average molecular weight is 324 g/mol. The molecule has 1 aromatic heterocycles. The van der Waals surface area contributed by atoms with E-state index in [-0.39, 0.29) is 5.56 Å².